The minimum Gasteiger partial charge on any atom is -0.480 e. The van der Waals surface area contributed by atoms with Crippen LogP contribution in [0.4, 0.5) is 18.9 Å². The van der Waals surface area contributed by atoms with Gasteiger partial charge in [0.05, 0.1) is 25.3 Å². The summed E-state index contributed by atoms with van der Waals surface area (Å²) < 4.78 is 53.5. The number of benzene rings is 1. The number of ether oxygens (including phenoxy) is 1. The molecule has 0 aliphatic heterocycles. The molecule has 32 heavy (non-hydrogen) atoms. The summed E-state index contributed by atoms with van der Waals surface area (Å²) in [5, 5.41) is 16.1. The summed E-state index contributed by atoms with van der Waals surface area (Å²) in [5.74, 6) is -1.04. The lowest BCUT2D eigenvalue weighted by molar-refractivity contribution is -0.137. The van der Waals surface area contributed by atoms with E-state index in [2.05, 4.69) is 15.4 Å². The number of para-hydroxylation sites is 1. The van der Waals surface area contributed by atoms with Gasteiger partial charge in [0.15, 0.2) is 0 Å². The van der Waals surface area contributed by atoms with Crippen molar-refractivity contribution in [3.8, 4) is 23.2 Å². The Morgan fingerprint density at radius 1 is 1.31 bits per heavy atom. The number of nitriles is 1. The van der Waals surface area contributed by atoms with Gasteiger partial charge in [0, 0.05) is 18.0 Å². The van der Waals surface area contributed by atoms with E-state index in [0.717, 1.165) is 4.68 Å². The predicted molar refractivity (Wildman–Crippen MR) is 107 cm³/mol. The summed E-state index contributed by atoms with van der Waals surface area (Å²) in [6.45, 7) is 0. The first-order valence-electron chi connectivity index (χ1n) is 9.11. The van der Waals surface area contributed by atoms with E-state index in [0.29, 0.717) is 5.39 Å². The number of aromatic nitrogens is 3. The fourth-order valence-electron chi connectivity index (χ4n) is 3.37. The lowest BCUT2D eigenvalue weighted by atomic mass is 10.0. The number of pyridine rings is 1. The summed E-state index contributed by atoms with van der Waals surface area (Å²) in [6, 6.07) is 9.42. The van der Waals surface area contributed by atoms with Gasteiger partial charge in [-0.25, -0.2) is 4.98 Å². The Morgan fingerprint density at radius 2 is 2.09 bits per heavy atom. The van der Waals surface area contributed by atoms with Crippen molar-refractivity contribution in [1.82, 2.24) is 14.8 Å². The van der Waals surface area contributed by atoms with Crippen LogP contribution in [-0.4, -0.2) is 27.8 Å². The van der Waals surface area contributed by atoms with E-state index in [1.165, 1.54) is 38.8 Å². The number of anilines is 1. The summed E-state index contributed by atoms with van der Waals surface area (Å²) >= 11 is 0. The summed E-state index contributed by atoms with van der Waals surface area (Å²) in [7, 11) is 2.55. The first kappa shape index (κ1) is 20.9. The van der Waals surface area contributed by atoms with Crippen LogP contribution in [0.2, 0.25) is 0 Å². The number of furan rings is 1. The average molecular weight is 441 g/mol. The third-order valence-electron chi connectivity index (χ3n) is 4.70. The highest BCUT2D eigenvalue weighted by molar-refractivity contribution is 6.06. The molecule has 0 radical (unpaired) electrons. The summed E-state index contributed by atoms with van der Waals surface area (Å²) in [5.41, 5.74) is -1.98. The standard InChI is InChI=1S/C21H14F3N5O3/c1-29-17(19(30)27-13-8-12(9-25)20(31-2)26-10-13)15(21(22,23)24)16(28-29)14-5-3-4-11-6-7-32-18(11)14/h3-8,10H,1-2H3,(H,27,30). The van der Waals surface area contributed by atoms with Crippen molar-refractivity contribution in [2.45, 2.75) is 6.18 Å². The Morgan fingerprint density at radius 3 is 2.78 bits per heavy atom. The molecule has 0 aliphatic rings. The molecule has 3 aromatic heterocycles. The molecule has 3 heterocycles. The molecule has 0 fully saturated rings. The maximum atomic E-state index is 14.1. The zero-order valence-corrected chi connectivity index (χ0v) is 16.7. The fraction of sp³-hybridized carbons (Fsp3) is 0.143. The highest BCUT2D eigenvalue weighted by atomic mass is 19.4. The van der Waals surface area contributed by atoms with Crippen LogP contribution in [0.15, 0.2) is 47.2 Å². The molecule has 0 atom stereocenters. The Labute approximate surface area is 178 Å². The Hall–Kier alpha value is -4.33. The number of hydrogen-bond donors (Lipinski definition) is 1. The van der Waals surface area contributed by atoms with E-state index in [1.54, 1.807) is 18.2 Å². The van der Waals surface area contributed by atoms with Gasteiger partial charge in [0.1, 0.15) is 34.2 Å². The molecule has 0 spiro atoms. The number of carbonyl (C=O) groups excluding carboxylic acids is 1. The maximum absolute atomic E-state index is 14.1. The quantitative estimate of drug-likeness (QED) is 0.504. The number of nitrogens with one attached hydrogen (secondary N) is 1. The normalized spacial score (nSPS) is 11.4. The van der Waals surface area contributed by atoms with Crippen LogP contribution in [0.1, 0.15) is 21.6 Å². The second-order valence-electron chi connectivity index (χ2n) is 6.68. The number of carbonyl (C=O) groups is 1. The van der Waals surface area contributed by atoms with Gasteiger partial charge in [-0.2, -0.15) is 23.5 Å². The molecular formula is C21H14F3N5O3. The smallest absolute Gasteiger partial charge is 0.420 e. The molecule has 0 unspecified atom stereocenters. The average Bonchev–Trinajstić information content (AvgIpc) is 3.37. The Bertz CT molecular complexity index is 1380. The molecule has 0 bridgehead atoms. The second kappa shape index (κ2) is 7.73. The second-order valence-corrected chi connectivity index (χ2v) is 6.68. The minimum absolute atomic E-state index is 0.0107. The van der Waals surface area contributed by atoms with E-state index < -0.39 is 29.0 Å². The number of hydrogen-bond acceptors (Lipinski definition) is 6. The number of amides is 1. The highest BCUT2D eigenvalue weighted by Crippen LogP contribution is 2.41. The van der Waals surface area contributed by atoms with Crippen LogP contribution < -0.4 is 10.1 Å². The van der Waals surface area contributed by atoms with Crippen LogP contribution in [0.3, 0.4) is 0 Å². The maximum Gasteiger partial charge on any atom is 0.420 e. The van der Waals surface area contributed by atoms with Gasteiger partial charge in [-0.3, -0.25) is 9.48 Å². The van der Waals surface area contributed by atoms with Gasteiger partial charge in [-0.05, 0) is 18.2 Å². The Kier molecular flexibility index (Phi) is 5.06. The number of halogens is 3. The molecule has 4 aromatic rings. The highest BCUT2D eigenvalue weighted by Gasteiger charge is 2.42. The van der Waals surface area contributed by atoms with Gasteiger partial charge >= 0.3 is 6.18 Å². The van der Waals surface area contributed by atoms with Crippen molar-refractivity contribution in [3.63, 3.8) is 0 Å². The predicted octanol–water partition coefficient (Wildman–Crippen LogP) is 4.38. The summed E-state index contributed by atoms with van der Waals surface area (Å²) in [6.07, 6.45) is -2.35. The molecule has 162 valence electrons. The van der Waals surface area contributed by atoms with Crippen molar-refractivity contribution in [2.24, 2.45) is 7.05 Å². The molecule has 8 nitrogen and oxygen atoms in total. The third-order valence-corrected chi connectivity index (χ3v) is 4.70. The topological polar surface area (TPSA) is 106 Å². The number of aryl methyl sites for hydroxylation is 1. The van der Waals surface area contributed by atoms with E-state index in [9.17, 15) is 18.0 Å². The zero-order valence-electron chi connectivity index (χ0n) is 16.7. The third kappa shape index (κ3) is 3.51. The van der Waals surface area contributed by atoms with Crippen molar-refractivity contribution in [1.29, 1.82) is 5.26 Å². The molecular weight excluding hydrogens is 427 g/mol. The van der Waals surface area contributed by atoms with E-state index in [4.69, 9.17) is 14.4 Å². The van der Waals surface area contributed by atoms with E-state index in [1.807, 2.05) is 6.07 Å². The van der Waals surface area contributed by atoms with Crippen LogP contribution >= 0.6 is 0 Å². The van der Waals surface area contributed by atoms with Gasteiger partial charge in [0.2, 0.25) is 5.88 Å². The molecule has 11 heteroatoms. The van der Waals surface area contributed by atoms with Crippen LogP contribution in [0.5, 0.6) is 5.88 Å². The number of nitrogens with zero attached hydrogens (tertiary/aromatic N) is 4. The number of fused-ring (bicyclic) bond motifs is 1. The lowest BCUT2D eigenvalue weighted by Crippen LogP contribution is -2.21. The molecule has 0 aliphatic carbocycles. The van der Waals surface area contributed by atoms with Crippen molar-refractivity contribution >= 4 is 22.6 Å². The molecule has 0 saturated heterocycles. The summed E-state index contributed by atoms with van der Waals surface area (Å²) in [4.78, 5) is 16.8. The van der Waals surface area contributed by atoms with Gasteiger partial charge < -0.3 is 14.5 Å². The number of rotatable bonds is 4. The van der Waals surface area contributed by atoms with Gasteiger partial charge in [0.25, 0.3) is 5.91 Å². The molecule has 1 aromatic carbocycles. The Balaban J connectivity index is 1.83. The minimum atomic E-state index is -4.89. The monoisotopic (exact) mass is 441 g/mol. The van der Waals surface area contributed by atoms with Crippen LogP contribution in [-0.2, 0) is 13.2 Å². The van der Waals surface area contributed by atoms with Crippen LogP contribution in [0, 0.1) is 11.3 Å². The molecule has 1 amide bonds. The molecule has 1 N–H and O–H groups in total. The van der Waals surface area contributed by atoms with Crippen molar-refractivity contribution < 1.29 is 27.1 Å². The first-order chi connectivity index (χ1) is 15.2. The van der Waals surface area contributed by atoms with Crippen molar-refractivity contribution in [2.75, 3.05) is 12.4 Å². The molecule has 4 rings (SSSR count). The largest absolute Gasteiger partial charge is 0.480 e. The van der Waals surface area contributed by atoms with E-state index >= 15 is 0 Å². The first-order valence-corrected chi connectivity index (χ1v) is 9.11. The number of methoxy groups -OCH3 is 1. The zero-order chi connectivity index (χ0) is 23.0. The van der Waals surface area contributed by atoms with Gasteiger partial charge in [-0.1, -0.05) is 12.1 Å². The van der Waals surface area contributed by atoms with Crippen molar-refractivity contribution in [3.05, 3.63) is 59.6 Å². The van der Waals surface area contributed by atoms with E-state index in [-0.39, 0.29) is 28.3 Å². The fourth-order valence-corrected chi connectivity index (χ4v) is 3.37. The van der Waals surface area contributed by atoms with Gasteiger partial charge in [-0.15, -0.1) is 0 Å². The number of alkyl halides is 3. The SMILES string of the molecule is COc1ncc(NC(=O)c2c(C(F)(F)F)c(-c3cccc4ccoc34)nn2C)cc1C#N. The lowest BCUT2D eigenvalue weighted by Gasteiger charge is -2.12. The molecule has 0 saturated carbocycles. The van der Waals surface area contributed by atoms with Crippen LogP contribution in [0.25, 0.3) is 22.2 Å².